The monoisotopic (exact) mass is 254 g/mol. The Balaban J connectivity index is 2.13. The van der Waals surface area contributed by atoms with E-state index >= 15 is 0 Å². The van der Waals surface area contributed by atoms with Crippen LogP contribution >= 0.6 is 0 Å². The van der Waals surface area contributed by atoms with Gasteiger partial charge in [0.25, 0.3) is 0 Å². The molecule has 0 spiro atoms. The van der Waals surface area contributed by atoms with Crippen LogP contribution in [-0.4, -0.2) is 23.4 Å². The molecule has 0 bridgehead atoms. The summed E-state index contributed by atoms with van der Waals surface area (Å²) in [7, 11) is 0. The lowest BCUT2D eigenvalue weighted by Crippen LogP contribution is -2.04. The van der Waals surface area contributed by atoms with Gasteiger partial charge >= 0.3 is 0 Å². The number of hydrogen-bond donors (Lipinski definition) is 2. The molecule has 19 heavy (non-hydrogen) atoms. The smallest absolute Gasteiger partial charge is 0.0471 e. The number of rotatable bonds is 4. The lowest BCUT2D eigenvalue weighted by molar-refractivity contribution is 0.293. The van der Waals surface area contributed by atoms with Crippen molar-refractivity contribution in [2.75, 3.05) is 13.2 Å². The zero-order chi connectivity index (χ0) is 13.2. The van der Waals surface area contributed by atoms with E-state index in [9.17, 15) is 10.2 Å². The molecule has 2 aromatic rings. The molecule has 0 aliphatic heterocycles. The lowest BCUT2D eigenvalue weighted by atomic mass is 9.93. The first-order valence-electron chi connectivity index (χ1n) is 6.78. The average molecular weight is 254 g/mol. The van der Waals surface area contributed by atoms with Crippen LogP contribution in [0.15, 0.2) is 36.4 Å². The van der Waals surface area contributed by atoms with Crippen molar-refractivity contribution in [1.82, 2.24) is 0 Å². The second-order valence-corrected chi connectivity index (χ2v) is 5.01. The maximum atomic E-state index is 9.30. The van der Waals surface area contributed by atoms with Crippen LogP contribution in [0.3, 0.4) is 0 Å². The summed E-state index contributed by atoms with van der Waals surface area (Å²) in [6.45, 7) is 0.315. The van der Waals surface area contributed by atoms with Gasteiger partial charge in [0.2, 0.25) is 0 Å². The van der Waals surface area contributed by atoms with Gasteiger partial charge in [-0.05, 0) is 52.6 Å². The molecule has 2 aromatic carbocycles. The van der Waals surface area contributed by atoms with Gasteiger partial charge in [0, 0.05) is 13.2 Å². The molecule has 0 saturated heterocycles. The number of aliphatic hydroxyl groups excluding tert-OH is 2. The fourth-order valence-electron chi connectivity index (χ4n) is 3.10. The highest BCUT2D eigenvalue weighted by atomic mass is 16.3. The minimum atomic E-state index is 0.157. The maximum absolute atomic E-state index is 9.30. The molecule has 3 rings (SSSR count). The van der Waals surface area contributed by atoms with Crippen LogP contribution < -0.4 is 0 Å². The van der Waals surface area contributed by atoms with E-state index in [-0.39, 0.29) is 13.2 Å². The topological polar surface area (TPSA) is 40.5 Å². The van der Waals surface area contributed by atoms with Gasteiger partial charge < -0.3 is 10.2 Å². The third kappa shape index (κ3) is 2.07. The van der Waals surface area contributed by atoms with Gasteiger partial charge in [0.05, 0.1) is 0 Å². The molecular weight excluding hydrogens is 236 g/mol. The van der Waals surface area contributed by atoms with E-state index in [1.165, 1.54) is 33.4 Å². The highest BCUT2D eigenvalue weighted by Gasteiger charge is 2.21. The van der Waals surface area contributed by atoms with Crippen LogP contribution in [0.25, 0.3) is 11.1 Å². The molecule has 2 heteroatoms. The molecule has 0 aromatic heterocycles. The van der Waals surface area contributed by atoms with Crippen LogP contribution in [0, 0.1) is 0 Å². The minimum absolute atomic E-state index is 0.157. The summed E-state index contributed by atoms with van der Waals surface area (Å²) >= 11 is 0. The van der Waals surface area contributed by atoms with E-state index in [0.29, 0.717) is 12.8 Å². The number of fused-ring (bicyclic) bond motifs is 3. The third-order valence-electron chi connectivity index (χ3n) is 3.95. The Labute approximate surface area is 113 Å². The molecule has 2 N–H and O–H groups in total. The van der Waals surface area contributed by atoms with E-state index in [4.69, 9.17) is 0 Å². The van der Waals surface area contributed by atoms with Crippen LogP contribution in [-0.2, 0) is 19.3 Å². The van der Waals surface area contributed by atoms with Crippen molar-refractivity contribution in [3.63, 3.8) is 0 Å². The van der Waals surface area contributed by atoms with Crippen LogP contribution in [0.1, 0.15) is 22.3 Å². The summed E-state index contributed by atoms with van der Waals surface area (Å²) in [5.41, 5.74) is 7.69. The van der Waals surface area contributed by atoms with Crippen LogP contribution in [0.5, 0.6) is 0 Å². The van der Waals surface area contributed by atoms with Gasteiger partial charge in [-0.25, -0.2) is 0 Å². The zero-order valence-corrected chi connectivity index (χ0v) is 10.9. The molecule has 0 unspecified atom stereocenters. The van der Waals surface area contributed by atoms with Crippen molar-refractivity contribution in [3.05, 3.63) is 58.7 Å². The molecular formula is C17H18O2. The summed E-state index contributed by atoms with van der Waals surface area (Å²) in [6, 6.07) is 12.7. The van der Waals surface area contributed by atoms with Gasteiger partial charge in [-0.15, -0.1) is 0 Å². The molecule has 2 nitrogen and oxygen atoms in total. The SMILES string of the molecule is OCCc1ccc2c(c1CCO)Cc1ccccc1-2. The normalized spacial score (nSPS) is 12.3. The van der Waals surface area contributed by atoms with Gasteiger partial charge in [-0.2, -0.15) is 0 Å². The summed E-state index contributed by atoms with van der Waals surface area (Å²) in [5, 5.41) is 18.5. The first-order valence-corrected chi connectivity index (χ1v) is 6.78. The van der Waals surface area contributed by atoms with Crippen molar-refractivity contribution in [3.8, 4) is 11.1 Å². The molecule has 0 heterocycles. The summed E-state index contributed by atoms with van der Waals surface area (Å²) in [4.78, 5) is 0. The predicted octanol–water partition coefficient (Wildman–Crippen LogP) is 2.33. The van der Waals surface area contributed by atoms with Gasteiger partial charge in [-0.1, -0.05) is 36.4 Å². The van der Waals surface area contributed by atoms with E-state index < -0.39 is 0 Å². The van der Waals surface area contributed by atoms with Crippen LogP contribution in [0.2, 0.25) is 0 Å². The summed E-state index contributed by atoms with van der Waals surface area (Å²) in [5.74, 6) is 0. The zero-order valence-electron chi connectivity index (χ0n) is 10.9. The van der Waals surface area contributed by atoms with Gasteiger partial charge in [0.1, 0.15) is 0 Å². The number of benzene rings is 2. The van der Waals surface area contributed by atoms with E-state index in [1.807, 2.05) is 0 Å². The Hall–Kier alpha value is -1.64. The molecule has 0 fully saturated rings. The lowest BCUT2D eigenvalue weighted by Gasteiger charge is -2.13. The Morgan fingerprint density at radius 1 is 0.842 bits per heavy atom. The molecule has 0 saturated carbocycles. The fraction of sp³-hybridized carbons (Fsp3) is 0.294. The molecule has 98 valence electrons. The summed E-state index contributed by atoms with van der Waals surface area (Å²) in [6.07, 6.45) is 2.28. The van der Waals surface area contributed by atoms with E-state index in [1.54, 1.807) is 0 Å². The van der Waals surface area contributed by atoms with Gasteiger partial charge in [0.15, 0.2) is 0 Å². The Morgan fingerprint density at radius 3 is 2.42 bits per heavy atom. The Bertz CT molecular complexity index is 602. The minimum Gasteiger partial charge on any atom is -0.396 e. The number of hydrogen-bond acceptors (Lipinski definition) is 2. The number of aliphatic hydroxyl groups is 2. The third-order valence-corrected chi connectivity index (χ3v) is 3.95. The Morgan fingerprint density at radius 2 is 1.63 bits per heavy atom. The standard InChI is InChI=1S/C17H18O2/c18-9-7-12-5-6-16-14-4-2-1-3-13(14)11-17(16)15(12)8-10-19/h1-6,18-19H,7-11H2. The molecule has 1 aliphatic rings. The van der Waals surface area contributed by atoms with Crippen molar-refractivity contribution in [2.45, 2.75) is 19.3 Å². The van der Waals surface area contributed by atoms with E-state index in [0.717, 1.165) is 6.42 Å². The summed E-state index contributed by atoms with van der Waals surface area (Å²) < 4.78 is 0. The Kier molecular flexibility index (Phi) is 3.36. The second kappa shape index (κ2) is 5.16. The largest absolute Gasteiger partial charge is 0.396 e. The average Bonchev–Trinajstić information content (AvgIpc) is 2.81. The van der Waals surface area contributed by atoms with Gasteiger partial charge in [-0.3, -0.25) is 0 Å². The quantitative estimate of drug-likeness (QED) is 0.750. The second-order valence-electron chi connectivity index (χ2n) is 5.01. The van der Waals surface area contributed by atoms with Crippen molar-refractivity contribution < 1.29 is 10.2 Å². The fourth-order valence-corrected chi connectivity index (χ4v) is 3.10. The predicted molar refractivity (Wildman–Crippen MR) is 76.3 cm³/mol. The van der Waals surface area contributed by atoms with Crippen molar-refractivity contribution >= 4 is 0 Å². The molecule has 0 radical (unpaired) electrons. The van der Waals surface area contributed by atoms with E-state index in [2.05, 4.69) is 36.4 Å². The molecule has 0 atom stereocenters. The van der Waals surface area contributed by atoms with Crippen LogP contribution in [0.4, 0.5) is 0 Å². The van der Waals surface area contributed by atoms with Crippen molar-refractivity contribution in [2.24, 2.45) is 0 Å². The van der Waals surface area contributed by atoms with Crippen molar-refractivity contribution in [1.29, 1.82) is 0 Å². The first-order chi connectivity index (χ1) is 9.35. The highest BCUT2D eigenvalue weighted by Crippen LogP contribution is 2.39. The molecule has 0 amide bonds. The first kappa shape index (κ1) is 12.4. The highest BCUT2D eigenvalue weighted by molar-refractivity contribution is 5.78. The molecule has 1 aliphatic carbocycles. The maximum Gasteiger partial charge on any atom is 0.0471 e.